The van der Waals surface area contributed by atoms with Gasteiger partial charge in [0.05, 0.1) is 0 Å². The van der Waals surface area contributed by atoms with E-state index in [1.54, 1.807) is 14.2 Å². The van der Waals surface area contributed by atoms with Gasteiger partial charge in [-0.3, -0.25) is 9.59 Å². The lowest BCUT2D eigenvalue weighted by Crippen LogP contribution is -2.39. The Morgan fingerprint density at radius 2 is 0.784 bits per heavy atom. The molecule has 0 aliphatic heterocycles. The summed E-state index contributed by atoms with van der Waals surface area (Å²) < 4.78 is 11.3. The minimum absolute atomic E-state index is 0.231. The monoisotopic (exact) mass is 693 g/mol. The fourth-order valence-corrected chi connectivity index (χ4v) is 11.0. The highest BCUT2D eigenvalue weighted by Crippen LogP contribution is 2.54. The molecule has 1 unspecified atom stereocenters. The van der Waals surface area contributed by atoms with Crippen LogP contribution in [0, 0.1) is 0 Å². The van der Waals surface area contributed by atoms with Crippen molar-refractivity contribution in [1.82, 2.24) is 10.6 Å². The van der Waals surface area contributed by atoms with Crippen molar-refractivity contribution >= 4 is 40.3 Å². The lowest BCUT2D eigenvalue weighted by Gasteiger charge is -2.28. The van der Waals surface area contributed by atoms with E-state index >= 15 is 0 Å². The summed E-state index contributed by atoms with van der Waals surface area (Å²) in [4.78, 5) is 27.1. The molecule has 6 aromatic rings. The molecule has 0 aromatic heterocycles. The van der Waals surface area contributed by atoms with Gasteiger partial charge in [-0.05, 0) is 70.8 Å². The molecule has 2 amide bonds. The van der Waals surface area contributed by atoms with Crippen molar-refractivity contribution < 1.29 is 19.1 Å². The molecule has 6 rings (SSSR count). The van der Waals surface area contributed by atoms with E-state index in [-0.39, 0.29) is 24.9 Å². The summed E-state index contributed by atoms with van der Waals surface area (Å²) in [6.45, 7) is 0.535. The Morgan fingerprint density at radius 3 is 1.10 bits per heavy atom. The number of hydrogen-bond donors (Lipinski definition) is 2. The first kappa shape index (κ1) is 35.4. The number of amides is 2. The van der Waals surface area contributed by atoms with Crippen LogP contribution in [0.3, 0.4) is 0 Å². The van der Waals surface area contributed by atoms with Crippen molar-refractivity contribution in [2.45, 2.75) is 25.3 Å². The van der Waals surface area contributed by atoms with Crippen LogP contribution in [0.15, 0.2) is 170 Å². The second-order valence-electron chi connectivity index (χ2n) is 12.2. The van der Waals surface area contributed by atoms with Crippen LogP contribution in [0.25, 0.3) is 0 Å². The van der Waals surface area contributed by atoms with Crippen LogP contribution in [0.2, 0.25) is 0 Å². The average Bonchev–Trinajstić information content (AvgIpc) is 3.19. The van der Waals surface area contributed by atoms with Gasteiger partial charge in [0.2, 0.25) is 0 Å². The fraction of sp³-hybridized carbons (Fsp3) is 0.136. The predicted molar refractivity (Wildman–Crippen MR) is 207 cm³/mol. The number of hydrogen-bond acceptors (Lipinski definition) is 4. The van der Waals surface area contributed by atoms with E-state index in [0.717, 1.165) is 27.6 Å². The smallest absolute Gasteiger partial charge is 0.254 e. The van der Waals surface area contributed by atoms with Crippen LogP contribution < -0.4 is 31.9 Å². The van der Waals surface area contributed by atoms with E-state index in [0.29, 0.717) is 0 Å². The fourth-order valence-electron chi connectivity index (χ4n) is 6.60. The molecule has 0 aliphatic rings. The number of ether oxygens (including phenoxy) is 2. The highest BCUT2D eigenvalue weighted by Gasteiger charge is 2.48. The number of nitrogens with one attached hydrogen (secondary N) is 2. The molecule has 7 heteroatoms. The van der Waals surface area contributed by atoms with Gasteiger partial charge >= 0.3 is 0 Å². The van der Waals surface area contributed by atoms with Gasteiger partial charge in [-0.25, -0.2) is 0 Å². The van der Waals surface area contributed by atoms with Gasteiger partial charge in [-0.2, -0.15) is 0 Å². The second kappa shape index (κ2) is 17.0. The van der Waals surface area contributed by atoms with Crippen LogP contribution in [0.1, 0.15) is 34.5 Å². The molecule has 256 valence electrons. The first-order chi connectivity index (χ1) is 25.0. The molecule has 0 radical (unpaired) electrons. The van der Waals surface area contributed by atoms with Crippen molar-refractivity contribution in [3.8, 4) is 0 Å². The molecule has 0 fully saturated rings. The molecule has 0 saturated carbocycles. The Morgan fingerprint density at radius 1 is 0.471 bits per heavy atom. The first-order valence-corrected chi connectivity index (χ1v) is 18.7. The van der Waals surface area contributed by atoms with Gasteiger partial charge in [0.1, 0.15) is 28.5 Å². The van der Waals surface area contributed by atoms with Gasteiger partial charge in [-0.15, -0.1) is 0 Å². The molecule has 0 saturated heterocycles. The van der Waals surface area contributed by atoms with Crippen LogP contribution in [0.4, 0.5) is 0 Å². The van der Waals surface area contributed by atoms with Gasteiger partial charge in [-0.1, -0.05) is 121 Å². The summed E-state index contributed by atoms with van der Waals surface area (Å²) in [5.41, 5.74) is 3.38. The molecular weight excluding hydrogens is 651 g/mol. The largest absolute Gasteiger partial charge is 0.367 e. The van der Waals surface area contributed by atoms with Crippen LogP contribution in [-0.4, -0.2) is 26.0 Å². The molecule has 0 bridgehead atoms. The van der Waals surface area contributed by atoms with E-state index in [4.69, 9.17) is 9.47 Å². The predicted octanol–water partition coefficient (Wildman–Crippen LogP) is 6.31. The molecule has 2 N–H and O–H groups in total. The Kier molecular flexibility index (Phi) is 11.8. The summed E-state index contributed by atoms with van der Waals surface area (Å²) in [7, 11) is 0.609. The Labute approximate surface area is 300 Å². The lowest BCUT2D eigenvalue weighted by atomic mass is 10.1. The quantitative estimate of drug-likeness (QED) is 0.131. The van der Waals surface area contributed by atoms with Crippen LogP contribution in [0.5, 0.6) is 0 Å². The average molecular weight is 694 g/mol. The summed E-state index contributed by atoms with van der Waals surface area (Å²) in [5.74, 6) is -0.463. The van der Waals surface area contributed by atoms with E-state index < -0.39 is 19.5 Å². The van der Waals surface area contributed by atoms with Gasteiger partial charge in [0.25, 0.3) is 11.8 Å². The zero-order valence-corrected chi connectivity index (χ0v) is 29.7. The number of methoxy groups -OCH3 is 2. The van der Waals surface area contributed by atoms with E-state index in [9.17, 15) is 9.59 Å². The minimum atomic E-state index is -2.47. The molecule has 51 heavy (non-hydrogen) atoms. The Bertz CT molecular complexity index is 1830. The summed E-state index contributed by atoms with van der Waals surface area (Å²) >= 11 is 0. The van der Waals surface area contributed by atoms with Gasteiger partial charge < -0.3 is 20.1 Å². The zero-order valence-electron chi connectivity index (χ0n) is 28.8. The van der Waals surface area contributed by atoms with Crippen LogP contribution >= 0.6 is 7.26 Å². The van der Waals surface area contributed by atoms with Crippen molar-refractivity contribution in [1.29, 1.82) is 0 Å². The highest BCUT2D eigenvalue weighted by molar-refractivity contribution is 8.01. The van der Waals surface area contributed by atoms with E-state index in [1.807, 2.05) is 84.9 Å². The summed E-state index contributed by atoms with van der Waals surface area (Å²) in [6, 6.07) is 57.3. The normalized spacial score (nSPS) is 12.4. The van der Waals surface area contributed by atoms with Crippen molar-refractivity contribution in [2.75, 3.05) is 14.2 Å². The molecule has 6 aromatic carbocycles. The molecule has 0 aliphatic carbocycles. The Balaban J connectivity index is 1.45. The lowest BCUT2D eigenvalue weighted by molar-refractivity contribution is -0.132. The topological polar surface area (TPSA) is 76.7 Å². The second-order valence-corrected chi connectivity index (χ2v) is 15.6. The summed E-state index contributed by atoms with van der Waals surface area (Å²) in [5, 5.41) is 11.0. The molecule has 2 atom stereocenters. The molecule has 0 heterocycles. The van der Waals surface area contributed by atoms with Crippen LogP contribution in [-0.2, 0) is 32.2 Å². The maximum absolute atomic E-state index is 13.5. The van der Waals surface area contributed by atoms with Gasteiger partial charge in [0.15, 0.2) is 12.2 Å². The third kappa shape index (κ3) is 8.00. The SMILES string of the molecule is COC(C(=O)NCc1cc(CNC(=O)[C@@H](OC)c2ccccc2)cc([P+](c2ccccc2)(c2ccccc2)c2ccccc2)c1)c1ccccc1. The number of carbonyl (C=O) groups excluding carboxylic acids is 2. The third-order valence-electron chi connectivity index (χ3n) is 8.94. The number of carbonyl (C=O) groups is 2. The number of rotatable bonds is 14. The Hall–Kier alpha value is -5.39. The third-order valence-corrected chi connectivity index (χ3v) is 13.2. The first-order valence-electron chi connectivity index (χ1n) is 16.9. The standard InChI is InChI=1S/C44H41N2O4P/c1-49-41(35-18-8-3-9-19-35)43(47)45-31-33-28-34(32-46-44(48)42(50-2)36-20-10-4-11-21-36)30-40(29-33)51(37-22-12-5-13-23-37,38-24-14-6-15-25-38)39-26-16-7-17-27-39/h3-30,41-42H,31-32H2,1-2H3,(H-,45,46,47,48)/p+1/t41-,42?/m0/s1. The van der Waals surface area contributed by atoms with Crippen molar-refractivity contribution in [3.05, 3.63) is 192 Å². The number of benzene rings is 6. The minimum Gasteiger partial charge on any atom is -0.367 e. The zero-order chi connectivity index (χ0) is 35.5. The molecule has 6 nitrogen and oxygen atoms in total. The maximum atomic E-state index is 13.5. The van der Waals surface area contributed by atoms with E-state index in [2.05, 4.69) is 95.6 Å². The highest BCUT2D eigenvalue weighted by atomic mass is 31.2. The van der Waals surface area contributed by atoms with Crippen molar-refractivity contribution in [2.24, 2.45) is 0 Å². The summed E-state index contributed by atoms with van der Waals surface area (Å²) in [6.07, 6.45) is -1.50. The van der Waals surface area contributed by atoms with Gasteiger partial charge in [0, 0.05) is 27.3 Å². The maximum Gasteiger partial charge on any atom is 0.254 e. The van der Waals surface area contributed by atoms with E-state index in [1.165, 1.54) is 15.9 Å². The molecular formula is C44H42N2O4P+. The molecule has 0 spiro atoms. The van der Waals surface area contributed by atoms with Crippen molar-refractivity contribution in [3.63, 3.8) is 0 Å².